The van der Waals surface area contributed by atoms with Crippen molar-refractivity contribution in [2.24, 2.45) is 0 Å². The predicted molar refractivity (Wildman–Crippen MR) is 110 cm³/mol. The van der Waals surface area contributed by atoms with Crippen LogP contribution < -0.4 is 4.74 Å². The zero-order valence-electron chi connectivity index (χ0n) is 17.2. The Morgan fingerprint density at radius 2 is 1.93 bits per heavy atom. The normalized spacial score (nSPS) is 17.8. The number of hydrogen-bond acceptors (Lipinski definition) is 7. The lowest BCUT2D eigenvalue weighted by atomic mass is 9.98. The molecule has 8 nitrogen and oxygen atoms in total. The molecule has 1 fully saturated rings. The molecule has 0 spiro atoms. The molecule has 1 aliphatic rings. The summed E-state index contributed by atoms with van der Waals surface area (Å²) in [7, 11) is -2.17. The van der Waals surface area contributed by atoms with Gasteiger partial charge >= 0.3 is 0 Å². The summed E-state index contributed by atoms with van der Waals surface area (Å²) in [5.41, 5.74) is 2.06. The molecule has 1 aromatic carbocycles. The van der Waals surface area contributed by atoms with E-state index in [2.05, 4.69) is 15.1 Å². The molecule has 0 bridgehead atoms. The highest BCUT2D eigenvalue weighted by molar-refractivity contribution is 7.89. The third-order valence-corrected chi connectivity index (χ3v) is 7.19. The van der Waals surface area contributed by atoms with Gasteiger partial charge in [0.25, 0.3) is 0 Å². The van der Waals surface area contributed by atoms with Crippen LogP contribution in [0.5, 0.6) is 5.75 Å². The van der Waals surface area contributed by atoms with Gasteiger partial charge in [-0.2, -0.15) is 4.31 Å². The number of aryl methyl sites for hydroxylation is 2. The van der Waals surface area contributed by atoms with Gasteiger partial charge in [0, 0.05) is 18.8 Å². The second kappa shape index (κ2) is 8.16. The van der Waals surface area contributed by atoms with Crippen LogP contribution in [0.25, 0.3) is 11.3 Å². The minimum atomic E-state index is -3.72. The highest BCUT2D eigenvalue weighted by Gasteiger charge is 2.37. The largest absolute Gasteiger partial charge is 0.497 e. The third-order valence-electron chi connectivity index (χ3n) is 5.27. The standard InChI is InChI=1S/C21H24N4O4S/c1-14-12-20(29-24-14)18-13-22-15(2)23-21(18)19-6-4-5-11-25(19)30(26,27)17-9-7-16(28-3)8-10-17/h7-10,12-13,19H,4-6,11H2,1-3H3. The van der Waals surface area contributed by atoms with Gasteiger partial charge in [0.05, 0.1) is 35.0 Å². The van der Waals surface area contributed by atoms with E-state index in [9.17, 15) is 8.42 Å². The van der Waals surface area contributed by atoms with Crippen molar-refractivity contribution in [3.05, 3.63) is 53.7 Å². The average molecular weight is 429 g/mol. The maximum atomic E-state index is 13.5. The Balaban J connectivity index is 1.78. The first kappa shape index (κ1) is 20.5. The first-order valence-electron chi connectivity index (χ1n) is 9.83. The minimum absolute atomic E-state index is 0.234. The Hall–Kier alpha value is -2.78. The van der Waals surface area contributed by atoms with Crippen LogP contribution >= 0.6 is 0 Å². The first-order valence-corrected chi connectivity index (χ1v) is 11.3. The molecular formula is C21H24N4O4S. The molecule has 1 atom stereocenters. The van der Waals surface area contributed by atoms with Gasteiger partial charge in [-0.25, -0.2) is 18.4 Å². The van der Waals surface area contributed by atoms with E-state index in [4.69, 9.17) is 9.26 Å². The van der Waals surface area contributed by atoms with E-state index >= 15 is 0 Å². The van der Waals surface area contributed by atoms with Gasteiger partial charge in [-0.3, -0.25) is 0 Å². The Bertz CT molecular complexity index is 1140. The molecule has 9 heteroatoms. The lowest BCUT2D eigenvalue weighted by molar-refractivity contribution is 0.251. The molecule has 3 aromatic rings. The Morgan fingerprint density at radius 3 is 2.60 bits per heavy atom. The maximum Gasteiger partial charge on any atom is 0.243 e. The molecule has 1 saturated heterocycles. The van der Waals surface area contributed by atoms with Gasteiger partial charge in [-0.15, -0.1) is 0 Å². The molecule has 0 radical (unpaired) electrons. The van der Waals surface area contributed by atoms with Gasteiger partial charge in [-0.1, -0.05) is 11.6 Å². The molecule has 1 aliphatic heterocycles. The van der Waals surface area contributed by atoms with E-state index in [1.807, 2.05) is 13.0 Å². The smallest absolute Gasteiger partial charge is 0.243 e. The van der Waals surface area contributed by atoms with Crippen LogP contribution in [0.1, 0.15) is 42.5 Å². The second-order valence-electron chi connectivity index (χ2n) is 7.35. The van der Waals surface area contributed by atoms with Crippen molar-refractivity contribution < 1.29 is 17.7 Å². The van der Waals surface area contributed by atoms with Crippen LogP contribution in [0.3, 0.4) is 0 Å². The number of rotatable bonds is 5. The number of ether oxygens (including phenoxy) is 1. The molecule has 30 heavy (non-hydrogen) atoms. The van der Waals surface area contributed by atoms with E-state index < -0.39 is 16.1 Å². The highest BCUT2D eigenvalue weighted by Crippen LogP contribution is 2.39. The number of hydrogen-bond donors (Lipinski definition) is 0. The highest BCUT2D eigenvalue weighted by atomic mass is 32.2. The fraction of sp³-hybridized carbons (Fsp3) is 0.381. The maximum absolute atomic E-state index is 13.5. The van der Waals surface area contributed by atoms with E-state index in [0.717, 1.165) is 18.5 Å². The molecule has 3 heterocycles. The number of aromatic nitrogens is 3. The van der Waals surface area contributed by atoms with Gasteiger partial charge in [0.15, 0.2) is 5.76 Å². The summed E-state index contributed by atoms with van der Waals surface area (Å²) < 4.78 is 39.2. The monoisotopic (exact) mass is 428 g/mol. The molecule has 1 unspecified atom stereocenters. The van der Waals surface area contributed by atoms with Gasteiger partial charge in [-0.05, 0) is 51.0 Å². The molecule has 0 N–H and O–H groups in total. The number of benzene rings is 1. The van der Waals surface area contributed by atoms with E-state index in [1.54, 1.807) is 48.8 Å². The third kappa shape index (κ3) is 3.82. The number of piperidine rings is 1. The SMILES string of the molecule is COc1ccc(S(=O)(=O)N2CCCCC2c2nc(C)ncc2-c2cc(C)no2)cc1. The van der Waals surface area contributed by atoms with Crippen LogP contribution in [-0.2, 0) is 10.0 Å². The summed E-state index contributed by atoms with van der Waals surface area (Å²) in [5, 5.41) is 3.96. The number of nitrogens with zero attached hydrogens (tertiary/aromatic N) is 4. The van der Waals surface area contributed by atoms with Gasteiger partial charge in [0.2, 0.25) is 10.0 Å². The average Bonchev–Trinajstić information content (AvgIpc) is 3.19. The molecule has 0 aliphatic carbocycles. The fourth-order valence-electron chi connectivity index (χ4n) is 3.77. The molecule has 2 aromatic heterocycles. The quantitative estimate of drug-likeness (QED) is 0.611. The Kier molecular flexibility index (Phi) is 5.57. The van der Waals surface area contributed by atoms with Crippen molar-refractivity contribution in [3.63, 3.8) is 0 Å². The minimum Gasteiger partial charge on any atom is -0.497 e. The van der Waals surface area contributed by atoms with Gasteiger partial charge in [0.1, 0.15) is 11.6 Å². The van der Waals surface area contributed by atoms with Crippen molar-refractivity contribution in [3.8, 4) is 17.1 Å². The summed E-state index contributed by atoms with van der Waals surface area (Å²) >= 11 is 0. The summed E-state index contributed by atoms with van der Waals surface area (Å²) in [6, 6.07) is 7.86. The number of methoxy groups -OCH3 is 1. The van der Waals surface area contributed by atoms with Crippen LogP contribution in [0, 0.1) is 13.8 Å². The van der Waals surface area contributed by atoms with Crippen LogP contribution in [0.2, 0.25) is 0 Å². The topological polar surface area (TPSA) is 98.4 Å². The van der Waals surface area contributed by atoms with Gasteiger partial charge < -0.3 is 9.26 Å². The Morgan fingerprint density at radius 1 is 1.17 bits per heavy atom. The fourth-order valence-corrected chi connectivity index (χ4v) is 5.43. The molecular weight excluding hydrogens is 404 g/mol. The van der Waals surface area contributed by atoms with Crippen molar-refractivity contribution in [2.75, 3.05) is 13.7 Å². The summed E-state index contributed by atoms with van der Waals surface area (Å²) in [4.78, 5) is 9.18. The van der Waals surface area contributed by atoms with Crippen LogP contribution in [-0.4, -0.2) is 41.5 Å². The van der Waals surface area contributed by atoms with Crippen molar-refractivity contribution in [1.29, 1.82) is 0 Å². The number of sulfonamides is 1. The molecule has 158 valence electrons. The molecule has 4 rings (SSSR count). The lowest BCUT2D eigenvalue weighted by Crippen LogP contribution is -2.39. The van der Waals surface area contributed by atoms with E-state index in [0.29, 0.717) is 41.6 Å². The zero-order valence-corrected chi connectivity index (χ0v) is 18.0. The van der Waals surface area contributed by atoms with E-state index in [1.165, 1.54) is 0 Å². The van der Waals surface area contributed by atoms with Crippen molar-refractivity contribution >= 4 is 10.0 Å². The summed E-state index contributed by atoms with van der Waals surface area (Å²) in [6.07, 6.45) is 4.07. The zero-order chi connectivity index (χ0) is 21.3. The second-order valence-corrected chi connectivity index (χ2v) is 9.24. The lowest BCUT2D eigenvalue weighted by Gasteiger charge is -2.35. The first-order chi connectivity index (χ1) is 14.4. The summed E-state index contributed by atoms with van der Waals surface area (Å²) in [5.74, 6) is 1.73. The van der Waals surface area contributed by atoms with Crippen molar-refractivity contribution in [1.82, 2.24) is 19.4 Å². The van der Waals surface area contributed by atoms with Crippen LogP contribution in [0.15, 0.2) is 45.9 Å². The van der Waals surface area contributed by atoms with Crippen molar-refractivity contribution in [2.45, 2.75) is 44.0 Å². The Labute approximate surface area is 175 Å². The summed E-state index contributed by atoms with van der Waals surface area (Å²) in [6.45, 7) is 4.06. The predicted octanol–water partition coefficient (Wildman–Crippen LogP) is 3.67. The van der Waals surface area contributed by atoms with Crippen LogP contribution in [0.4, 0.5) is 0 Å². The molecule has 0 saturated carbocycles. The molecule has 0 amide bonds. The van der Waals surface area contributed by atoms with E-state index in [-0.39, 0.29) is 4.90 Å².